The number of benzene rings is 2. The van der Waals surface area contributed by atoms with Crippen LogP contribution in [0.1, 0.15) is 53.2 Å². The van der Waals surface area contributed by atoms with E-state index in [-0.39, 0.29) is 43.1 Å². The quantitative estimate of drug-likeness (QED) is 0.711. The molecule has 7 nitrogen and oxygen atoms in total. The third kappa shape index (κ3) is 3.76. The lowest BCUT2D eigenvalue weighted by molar-refractivity contribution is -0.139. The van der Waals surface area contributed by atoms with Crippen molar-refractivity contribution in [2.45, 2.75) is 38.3 Å². The third-order valence-corrected chi connectivity index (χ3v) is 6.16. The molecule has 160 valence electrons. The molecular formula is C24H24N2O5. The van der Waals surface area contributed by atoms with E-state index in [9.17, 15) is 14.4 Å². The van der Waals surface area contributed by atoms with Gasteiger partial charge >= 0.3 is 0 Å². The first-order valence-electron chi connectivity index (χ1n) is 10.7. The van der Waals surface area contributed by atoms with Crippen molar-refractivity contribution in [3.05, 3.63) is 59.2 Å². The average molecular weight is 420 g/mol. The fourth-order valence-corrected chi connectivity index (χ4v) is 4.52. The van der Waals surface area contributed by atoms with Crippen LogP contribution >= 0.6 is 0 Å². The lowest BCUT2D eigenvalue weighted by Gasteiger charge is -2.27. The summed E-state index contributed by atoms with van der Waals surface area (Å²) >= 11 is 0. The summed E-state index contributed by atoms with van der Waals surface area (Å²) in [5.41, 5.74) is 2.50. The van der Waals surface area contributed by atoms with Crippen LogP contribution in [0, 0.1) is 0 Å². The normalized spacial score (nSPS) is 20.5. The highest BCUT2D eigenvalue weighted by molar-refractivity contribution is 6.01. The molecule has 31 heavy (non-hydrogen) atoms. The molecule has 3 heterocycles. The number of rotatable bonds is 4. The number of ether oxygens (including phenoxy) is 2. The van der Waals surface area contributed by atoms with Crippen LogP contribution in [-0.4, -0.2) is 47.3 Å². The molecule has 0 N–H and O–H groups in total. The smallest absolute Gasteiger partial charge is 0.254 e. The molecule has 0 aliphatic carbocycles. The first kappa shape index (κ1) is 19.6. The van der Waals surface area contributed by atoms with Gasteiger partial charge in [-0.05, 0) is 48.2 Å². The van der Waals surface area contributed by atoms with Crippen LogP contribution in [0.2, 0.25) is 0 Å². The summed E-state index contributed by atoms with van der Waals surface area (Å²) in [5, 5.41) is 0. The third-order valence-electron chi connectivity index (χ3n) is 6.16. The summed E-state index contributed by atoms with van der Waals surface area (Å²) in [6, 6.07) is 13.1. The molecule has 3 aliphatic heterocycles. The molecule has 2 aromatic carbocycles. The van der Waals surface area contributed by atoms with E-state index in [1.807, 2.05) is 35.2 Å². The van der Waals surface area contributed by atoms with E-state index >= 15 is 0 Å². The van der Waals surface area contributed by atoms with Crippen LogP contribution in [0.5, 0.6) is 11.5 Å². The Bertz CT molecular complexity index is 1020. The lowest BCUT2D eigenvalue weighted by atomic mass is 10.0. The molecule has 2 fully saturated rings. The van der Waals surface area contributed by atoms with E-state index in [4.69, 9.17) is 9.47 Å². The van der Waals surface area contributed by atoms with Gasteiger partial charge in [-0.25, -0.2) is 0 Å². The van der Waals surface area contributed by atoms with Gasteiger partial charge in [0.05, 0.1) is 12.6 Å². The maximum absolute atomic E-state index is 13.2. The number of carbonyl (C=O) groups excluding carboxylic acids is 3. The summed E-state index contributed by atoms with van der Waals surface area (Å²) in [6.45, 7) is 2.05. The Morgan fingerprint density at radius 1 is 0.935 bits per heavy atom. The van der Waals surface area contributed by atoms with Gasteiger partial charge in [0.1, 0.15) is 13.2 Å². The molecule has 2 saturated heterocycles. The Hall–Kier alpha value is -3.35. The van der Waals surface area contributed by atoms with Gasteiger partial charge in [0.2, 0.25) is 11.8 Å². The van der Waals surface area contributed by atoms with Crippen molar-refractivity contribution in [2.24, 2.45) is 0 Å². The van der Waals surface area contributed by atoms with Crippen LogP contribution in [0.15, 0.2) is 42.5 Å². The molecule has 5 rings (SSSR count). The van der Waals surface area contributed by atoms with E-state index in [1.54, 1.807) is 12.1 Å². The first-order chi connectivity index (χ1) is 15.1. The summed E-state index contributed by atoms with van der Waals surface area (Å²) < 4.78 is 11.3. The van der Waals surface area contributed by atoms with Gasteiger partial charge in [0.15, 0.2) is 11.5 Å². The molecule has 1 atom stereocenters. The van der Waals surface area contributed by atoms with Gasteiger partial charge in [0.25, 0.3) is 5.91 Å². The van der Waals surface area contributed by atoms with Crippen LogP contribution in [0.3, 0.4) is 0 Å². The zero-order valence-corrected chi connectivity index (χ0v) is 17.2. The van der Waals surface area contributed by atoms with Gasteiger partial charge < -0.3 is 14.4 Å². The van der Waals surface area contributed by atoms with Crippen LogP contribution in [-0.2, 0) is 16.1 Å². The van der Waals surface area contributed by atoms with Gasteiger partial charge in [-0.2, -0.15) is 0 Å². The molecule has 0 aromatic heterocycles. The average Bonchev–Trinajstić information content (AvgIpc) is 3.41. The Morgan fingerprint density at radius 3 is 2.39 bits per heavy atom. The van der Waals surface area contributed by atoms with Gasteiger partial charge in [-0.3, -0.25) is 19.3 Å². The van der Waals surface area contributed by atoms with Gasteiger partial charge in [-0.1, -0.05) is 18.2 Å². The van der Waals surface area contributed by atoms with Crippen molar-refractivity contribution in [3.8, 4) is 11.5 Å². The second-order valence-corrected chi connectivity index (χ2v) is 8.13. The first-order valence-corrected chi connectivity index (χ1v) is 10.7. The summed E-state index contributed by atoms with van der Waals surface area (Å²) in [6.07, 6.45) is 2.42. The Morgan fingerprint density at radius 2 is 1.65 bits per heavy atom. The molecular weight excluding hydrogens is 396 g/mol. The fourth-order valence-electron chi connectivity index (χ4n) is 4.52. The maximum atomic E-state index is 13.2. The predicted octanol–water partition coefficient (Wildman–Crippen LogP) is 3.08. The van der Waals surface area contributed by atoms with Crippen molar-refractivity contribution in [3.63, 3.8) is 0 Å². The number of hydrogen-bond donors (Lipinski definition) is 0. The van der Waals surface area contributed by atoms with Crippen LogP contribution < -0.4 is 9.47 Å². The summed E-state index contributed by atoms with van der Waals surface area (Å²) in [4.78, 5) is 40.1. The molecule has 0 radical (unpaired) electrons. The summed E-state index contributed by atoms with van der Waals surface area (Å²) in [5.74, 6) is 1.20. The zero-order chi connectivity index (χ0) is 21.4. The highest BCUT2D eigenvalue weighted by Gasteiger charge is 2.32. The van der Waals surface area contributed by atoms with Crippen molar-refractivity contribution in [1.82, 2.24) is 9.80 Å². The monoisotopic (exact) mass is 420 g/mol. The highest BCUT2D eigenvalue weighted by Crippen LogP contribution is 2.38. The fraction of sp³-hybridized carbons (Fsp3) is 0.375. The van der Waals surface area contributed by atoms with Crippen molar-refractivity contribution in [1.29, 1.82) is 0 Å². The molecule has 3 amide bonds. The zero-order valence-electron chi connectivity index (χ0n) is 17.2. The van der Waals surface area contributed by atoms with Crippen molar-refractivity contribution in [2.75, 3.05) is 19.8 Å². The van der Waals surface area contributed by atoms with Gasteiger partial charge in [0, 0.05) is 24.9 Å². The molecule has 0 bridgehead atoms. The largest absolute Gasteiger partial charge is 0.486 e. The number of hydrogen-bond acceptors (Lipinski definition) is 5. The maximum Gasteiger partial charge on any atom is 0.254 e. The number of carbonyl (C=O) groups is 3. The predicted molar refractivity (Wildman–Crippen MR) is 112 cm³/mol. The Labute approximate surface area is 180 Å². The van der Waals surface area contributed by atoms with E-state index < -0.39 is 0 Å². The molecule has 2 aromatic rings. The number of imide groups is 1. The minimum atomic E-state index is -0.135. The topological polar surface area (TPSA) is 76.2 Å². The molecule has 7 heteroatoms. The number of nitrogens with zero attached hydrogens (tertiary/aromatic N) is 2. The standard InChI is InChI=1S/C24H24N2O5/c27-22-9-10-23(28)26(22)15-16-3-5-17(6-4-16)24(29)25-11-1-2-19(25)18-7-8-20-21(14-18)31-13-12-30-20/h3-8,14,19H,1-2,9-13,15H2. The van der Waals surface area contributed by atoms with E-state index in [2.05, 4.69) is 0 Å². The number of fused-ring (bicyclic) bond motifs is 1. The van der Waals surface area contributed by atoms with E-state index in [0.717, 1.165) is 35.5 Å². The van der Waals surface area contributed by atoms with E-state index in [0.29, 0.717) is 25.3 Å². The van der Waals surface area contributed by atoms with Crippen LogP contribution in [0.4, 0.5) is 0 Å². The Balaban J connectivity index is 1.31. The molecule has 1 unspecified atom stereocenters. The number of likely N-dealkylation sites (tertiary alicyclic amines) is 2. The SMILES string of the molecule is O=C1CCC(=O)N1Cc1ccc(C(=O)N2CCCC2c2ccc3c(c2)OCCO3)cc1. The number of amides is 3. The Kier molecular flexibility index (Phi) is 5.10. The summed E-state index contributed by atoms with van der Waals surface area (Å²) in [7, 11) is 0. The highest BCUT2D eigenvalue weighted by atomic mass is 16.6. The van der Waals surface area contributed by atoms with E-state index in [1.165, 1.54) is 4.90 Å². The van der Waals surface area contributed by atoms with Gasteiger partial charge in [-0.15, -0.1) is 0 Å². The second-order valence-electron chi connectivity index (χ2n) is 8.13. The minimum Gasteiger partial charge on any atom is -0.486 e. The molecule has 0 saturated carbocycles. The van der Waals surface area contributed by atoms with Crippen molar-refractivity contribution < 1.29 is 23.9 Å². The molecule has 0 spiro atoms. The minimum absolute atomic E-state index is 0.00264. The lowest BCUT2D eigenvalue weighted by Crippen LogP contribution is -2.31. The second kappa shape index (κ2) is 8.06. The molecule has 3 aliphatic rings. The van der Waals surface area contributed by atoms with Crippen LogP contribution in [0.25, 0.3) is 0 Å². The van der Waals surface area contributed by atoms with Crippen molar-refractivity contribution >= 4 is 17.7 Å².